The van der Waals surface area contributed by atoms with Crippen LogP contribution in [0.4, 0.5) is 0 Å². The van der Waals surface area contributed by atoms with E-state index in [0.29, 0.717) is 5.56 Å². The Morgan fingerprint density at radius 2 is 1.90 bits per heavy atom. The van der Waals surface area contributed by atoms with Crippen LogP contribution in [-0.4, -0.2) is 21.3 Å². The third-order valence-electron chi connectivity index (χ3n) is 2.95. The molecule has 0 amide bonds. The van der Waals surface area contributed by atoms with E-state index >= 15 is 0 Å². The molecule has 5 N–H and O–H groups in total. The molecule has 2 aromatic rings. The highest BCUT2D eigenvalue weighted by molar-refractivity contribution is 7.87. The number of amidine groups is 1. The maximum absolute atomic E-state index is 11.3. The molecule has 0 saturated heterocycles. The van der Waals surface area contributed by atoms with Gasteiger partial charge in [0.25, 0.3) is 10.2 Å². The van der Waals surface area contributed by atoms with Crippen LogP contribution in [0.25, 0.3) is 10.8 Å². The van der Waals surface area contributed by atoms with Crippen LogP contribution >= 0.6 is 0 Å². The van der Waals surface area contributed by atoms with E-state index in [1.807, 2.05) is 30.3 Å². The van der Waals surface area contributed by atoms with Crippen molar-refractivity contribution in [3.63, 3.8) is 0 Å². The molecule has 0 spiro atoms. The summed E-state index contributed by atoms with van der Waals surface area (Å²) < 4.78 is 27.2. The van der Waals surface area contributed by atoms with Crippen molar-refractivity contribution in [1.29, 1.82) is 5.41 Å². The molecule has 0 unspecified atom stereocenters. The molecule has 0 bridgehead atoms. The van der Waals surface area contributed by atoms with Crippen LogP contribution in [-0.2, 0) is 16.8 Å². The monoisotopic (exact) mass is 292 g/mol. The summed E-state index contributed by atoms with van der Waals surface area (Å²) in [5.41, 5.74) is 6.93. The summed E-state index contributed by atoms with van der Waals surface area (Å²) in [6, 6.07) is 11.1. The number of hydrogen-bond donors (Lipinski definition) is 4. The SMILES string of the molecule is CNS(=O)(=O)NCc1ccc2ccc(C(=N)N)cc2c1. The van der Waals surface area contributed by atoms with Crippen molar-refractivity contribution in [3.05, 3.63) is 47.5 Å². The Morgan fingerprint density at radius 3 is 2.55 bits per heavy atom. The smallest absolute Gasteiger partial charge is 0.276 e. The van der Waals surface area contributed by atoms with Gasteiger partial charge in [-0.15, -0.1) is 0 Å². The normalized spacial score (nSPS) is 11.7. The molecule has 2 rings (SSSR count). The molecule has 7 heteroatoms. The van der Waals surface area contributed by atoms with Gasteiger partial charge in [-0.1, -0.05) is 24.3 Å². The van der Waals surface area contributed by atoms with Gasteiger partial charge in [-0.3, -0.25) is 5.41 Å². The van der Waals surface area contributed by atoms with Gasteiger partial charge in [-0.05, 0) is 28.5 Å². The zero-order valence-corrected chi connectivity index (χ0v) is 11.8. The third-order valence-corrected chi connectivity index (χ3v) is 4.01. The maximum Gasteiger partial charge on any atom is 0.276 e. The van der Waals surface area contributed by atoms with Crippen molar-refractivity contribution in [3.8, 4) is 0 Å². The fourth-order valence-electron chi connectivity index (χ4n) is 1.82. The van der Waals surface area contributed by atoms with Gasteiger partial charge in [0.2, 0.25) is 0 Å². The molecule has 0 heterocycles. The highest BCUT2D eigenvalue weighted by atomic mass is 32.2. The molecule has 2 aromatic carbocycles. The summed E-state index contributed by atoms with van der Waals surface area (Å²) in [4.78, 5) is 0. The summed E-state index contributed by atoms with van der Waals surface area (Å²) in [7, 11) is -2.10. The van der Waals surface area contributed by atoms with Gasteiger partial charge in [0, 0.05) is 19.2 Å². The molecule has 0 saturated carbocycles. The van der Waals surface area contributed by atoms with Crippen molar-refractivity contribution in [1.82, 2.24) is 9.44 Å². The molecule has 0 aliphatic carbocycles. The van der Waals surface area contributed by atoms with Gasteiger partial charge >= 0.3 is 0 Å². The first kappa shape index (κ1) is 14.4. The van der Waals surface area contributed by atoms with Crippen molar-refractivity contribution >= 4 is 26.8 Å². The quantitative estimate of drug-likeness (QED) is 0.480. The zero-order valence-electron chi connectivity index (χ0n) is 11.0. The van der Waals surface area contributed by atoms with Crippen LogP contribution in [0.5, 0.6) is 0 Å². The minimum absolute atomic E-state index is 0.00758. The zero-order chi connectivity index (χ0) is 14.8. The molecule has 0 aliphatic rings. The van der Waals surface area contributed by atoms with Crippen LogP contribution in [0.3, 0.4) is 0 Å². The maximum atomic E-state index is 11.3. The topological polar surface area (TPSA) is 108 Å². The van der Waals surface area contributed by atoms with Gasteiger partial charge in [-0.25, -0.2) is 4.72 Å². The van der Waals surface area contributed by atoms with Gasteiger partial charge in [0.1, 0.15) is 5.84 Å². The molecule has 6 nitrogen and oxygen atoms in total. The van der Waals surface area contributed by atoms with Crippen molar-refractivity contribution < 1.29 is 8.42 Å². The number of fused-ring (bicyclic) bond motifs is 1. The molecule has 0 fully saturated rings. The summed E-state index contributed by atoms with van der Waals surface area (Å²) in [6.45, 7) is 0.198. The van der Waals surface area contributed by atoms with Crippen molar-refractivity contribution in [2.45, 2.75) is 6.54 Å². The number of nitrogens with one attached hydrogen (secondary N) is 3. The van der Waals surface area contributed by atoms with E-state index in [2.05, 4.69) is 9.44 Å². The summed E-state index contributed by atoms with van der Waals surface area (Å²) in [6.07, 6.45) is 0. The number of hydrogen-bond acceptors (Lipinski definition) is 3. The molecule has 20 heavy (non-hydrogen) atoms. The van der Waals surface area contributed by atoms with E-state index in [0.717, 1.165) is 16.3 Å². The average Bonchev–Trinajstić information content (AvgIpc) is 2.44. The Labute approximate surface area is 117 Å². The molecular formula is C13H16N4O2S. The average molecular weight is 292 g/mol. The predicted molar refractivity (Wildman–Crippen MR) is 79.8 cm³/mol. The van der Waals surface area contributed by atoms with E-state index in [-0.39, 0.29) is 12.4 Å². The predicted octanol–water partition coefficient (Wildman–Crippen LogP) is 0.678. The second-order valence-electron chi connectivity index (χ2n) is 4.34. The highest BCUT2D eigenvalue weighted by Crippen LogP contribution is 2.18. The van der Waals surface area contributed by atoms with Crippen LogP contribution in [0.2, 0.25) is 0 Å². The molecule has 0 radical (unpaired) electrons. The van der Waals surface area contributed by atoms with Crippen LogP contribution in [0, 0.1) is 5.41 Å². The molecule has 0 aromatic heterocycles. The second kappa shape index (κ2) is 5.58. The molecular weight excluding hydrogens is 276 g/mol. The Bertz CT molecular complexity index is 756. The summed E-state index contributed by atoms with van der Waals surface area (Å²) in [5.74, 6) is 0.00758. The van der Waals surface area contributed by atoms with E-state index in [4.69, 9.17) is 11.1 Å². The molecule has 0 aliphatic heterocycles. The number of nitrogen functional groups attached to an aromatic ring is 1. The lowest BCUT2D eigenvalue weighted by molar-refractivity contribution is 0.573. The Hall–Kier alpha value is -1.96. The van der Waals surface area contributed by atoms with Crippen LogP contribution in [0.15, 0.2) is 36.4 Å². The molecule has 106 valence electrons. The lowest BCUT2D eigenvalue weighted by Crippen LogP contribution is -2.33. The van der Waals surface area contributed by atoms with Gasteiger partial charge in [0.05, 0.1) is 0 Å². The van der Waals surface area contributed by atoms with E-state index < -0.39 is 10.2 Å². The standard InChI is InChI=1S/C13H16N4O2S/c1-16-20(18,19)17-8-9-2-3-10-4-5-11(13(14)15)7-12(10)6-9/h2-7,16-17H,8H2,1H3,(H3,14,15). The number of benzene rings is 2. The molecule has 0 atom stereocenters. The first-order chi connectivity index (χ1) is 9.41. The van der Waals surface area contributed by atoms with Crippen LogP contribution < -0.4 is 15.2 Å². The lowest BCUT2D eigenvalue weighted by atomic mass is 10.0. The minimum atomic E-state index is -3.45. The Balaban J connectivity index is 2.30. The first-order valence-electron chi connectivity index (χ1n) is 5.96. The minimum Gasteiger partial charge on any atom is -0.384 e. The Morgan fingerprint density at radius 1 is 1.20 bits per heavy atom. The Kier molecular flexibility index (Phi) is 4.03. The number of nitrogens with two attached hydrogens (primary N) is 1. The van der Waals surface area contributed by atoms with Gasteiger partial charge in [-0.2, -0.15) is 13.1 Å². The first-order valence-corrected chi connectivity index (χ1v) is 7.45. The van der Waals surface area contributed by atoms with E-state index in [1.54, 1.807) is 6.07 Å². The highest BCUT2D eigenvalue weighted by Gasteiger charge is 2.06. The van der Waals surface area contributed by atoms with Crippen molar-refractivity contribution in [2.75, 3.05) is 7.05 Å². The van der Waals surface area contributed by atoms with Gasteiger partial charge < -0.3 is 5.73 Å². The lowest BCUT2D eigenvalue weighted by Gasteiger charge is -2.07. The third kappa shape index (κ3) is 3.32. The van der Waals surface area contributed by atoms with Crippen LogP contribution in [0.1, 0.15) is 11.1 Å². The fourth-order valence-corrected chi connectivity index (χ4v) is 2.33. The summed E-state index contributed by atoms with van der Waals surface area (Å²) in [5, 5.41) is 9.36. The largest absolute Gasteiger partial charge is 0.384 e. The summed E-state index contributed by atoms with van der Waals surface area (Å²) >= 11 is 0. The van der Waals surface area contributed by atoms with E-state index in [1.165, 1.54) is 7.05 Å². The van der Waals surface area contributed by atoms with Crippen molar-refractivity contribution in [2.24, 2.45) is 5.73 Å². The second-order valence-corrected chi connectivity index (χ2v) is 6.04. The van der Waals surface area contributed by atoms with E-state index in [9.17, 15) is 8.42 Å². The van der Waals surface area contributed by atoms with Gasteiger partial charge in [0.15, 0.2) is 0 Å². The fraction of sp³-hybridized carbons (Fsp3) is 0.154. The number of rotatable bonds is 5.